The van der Waals surface area contributed by atoms with Crippen molar-refractivity contribution >= 4 is 11.7 Å². The Morgan fingerprint density at radius 2 is 2.04 bits per heavy atom. The molecule has 126 valence electrons. The average molecular weight is 323 g/mol. The van der Waals surface area contributed by atoms with Gasteiger partial charge in [-0.25, -0.2) is 0 Å². The van der Waals surface area contributed by atoms with Gasteiger partial charge in [-0.1, -0.05) is 36.8 Å². The summed E-state index contributed by atoms with van der Waals surface area (Å²) in [6.07, 6.45) is 18.9. The van der Waals surface area contributed by atoms with E-state index in [9.17, 15) is 4.79 Å². The molecule has 1 aromatic rings. The van der Waals surface area contributed by atoms with Crippen LogP contribution in [0, 0.1) is 23.7 Å². The Balaban J connectivity index is 1.51. The molecular formula is C20H25N3O. The molecule has 4 rings (SSSR count). The van der Waals surface area contributed by atoms with Gasteiger partial charge in [0.1, 0.15) is 5.82 Å². The van der Waals surface area contributed by atoms with Crippen LogP contribution in [0.3, 0.4) is 0 Å². The van der Waals surface area contributed by atoms with Crippen LogP contribution in [0.15, 0.2) is 48.2 Å². The summed E-state index contributed by atoms with van der Waals surface area (Å²) in [4.78, 5) is 12.6. The molecule has 4 heteroatoms. The number of hydrogen-bond donors (Lipinski definition) is 1. The highest BCUT2D eigenvalue weighted by Crippen LogP contribution is 2.45. The predicted octanol–water partition coefficient (Wildman–Crippen LogP) is 3.85. The second-order valence-electron chi connectivity index (χ2n) is 7.29. The van der Waals surface area contributed by atoms with Gasteiger partial charge >= 0.3 is 0 Å². The zero-order chi connectivity index (χ0) is 16.5. The van der Waals surface area contributed by atoms with Gasteiger partial charge in [0.25, 0.3) is 5.91 Å². The number of nitrogens with zero attached hydrogens (tertiary/aromatic N) is 2. The van der Waals surface area contributed by atoms with E-state index in [1.165, 1.54) is 19.3 Å². The summed E-state index contributed by atoms with van der Waals surface area (Å²) in [5, 5.41) is 7.10. The molecule has 1 heterocycles. The van der Waals surface area contributed by atoms with Crippen molar-refractivity contribution in [2.45, 2.75) is 32.1 Å². The van der Waals surface area contributed by atoms with E-state index < -0.39 is 0 Å². The minimum atomic E-state index is 0.0388. The molecule has 0 saturated heterocycles. The third kappa shape index (κ3) is 2.85. The Labute approximate surface area is 143 Å². The van der Waals surface area contributed by atoms with Crippen LogP contribution in [0.5, 0.6) is 0 Å². The largest absolute Gasteiger partial charge is 0.307 e. The number of carbonyl (C=O) groups excluding carboxylic acids is 1. The van der Waals surface area contributed by atoms with Crippen molar-refractivity contribution in [2.24, 2.45) is 30.7 Å². The first kappa shape index (κ1) is 15.4. The van der Waals surface area contributed by atoms with Gasteiger partial charge in [0.05, 0.1) is 6.20 Å². The molecule has 4 atom stereocenters. The summed E-state index contributed by atoms with van der Waals surface area (Å²) in [5.74, 6) is 3.37. The number of carbonyl (C=O) groups is 1. The predicted molar refractivity (Wildman–Crippen MR) is 95.2 cm³/mol. The van der Waals surface area contributed by atoms with Gasteiger partial charge in [0, 0.05) is 18.7 Å². The van der Waals surface area contributed by atoms with Crippen LogP contribution in [0.25, 0.3) is 0 Å². The number of rotatable bonds is 2. The zero-order valence-electron chi connectivity index (χ0n) is 14.2. The molecule has 0 aromatic carbocycles. The number of nitrogens with one attached hydrogen (secondary N) is 1. The monoisotopic (exact) mass is 323 g/mol. The highest BCUT2D eigenvalue weighted by Gasteiger charge is 2.37. The van der Waals surface area contributed by atoms with Crippen molar-refractivity contribution < 1.29 is 4.79 Å². The van der Waals surface area contributed by atoms with Gasteiger partial charge in [-0.15, -0.1) is 0 Å². The lowest BCUT2D eigenvalue weighted by molar-refractivity contribution is -0.113. The van der Waals surface area contributed by atoms with Crippen molar-refractivity contribution in [2.75, 3.05) is 5.32 Å². The Bertz CT molecular complexity index is 712. The van der Waals surface area contributed by atoms with Crippen LogP contribution in [0.2, 0.25) is 0 Å². The number of fused-ring (bicyclic) bond motifs is 3. The molecule has 1 aromatic heterocycles. The summed E-state index contributed by atoms with van der Waals surface area (Å²) in [6.45, 7) is 0. The van der Waals surface area contributed by atoms with E-state index in [1.807, 2.05) is 13.1 Å². The van der Waals surface area contributed by atoms with Crippen molar-refractivity contribution in [3.8, 4) is 0 Å². The Morgan fingerprint density at radius 3 is 2.88 bits per heavy atom. The van der Waals surface area contributed by atoms with E-state index in [1.54, 1.807) is 10.9 Å². The van der Waals surface area contributed by atoms with Crippen LogP contribution < -0.4 is 5.32 Å². The van der Waals surface area contributed by atoms with Crippen molar-refractivity contribution in [3.63, 3.8) is 0 Å². The molecule has 0 bridgehead atoms. The quantitative estimate of drug-likeness (QED) is 0.898. The van der Waals surface area contributed by atoms with E-state index in [2.05, 4.69) is 40.8 Å². The standard InChI is InChI=1S/C20H25N3O/c1-23-19(11-12-21-23)22-20(24)16-9-10-18-15(13-16)7-4-6-14-5-2-3-8-17(14)18/h2-3,5,8,11-15,17-18H,4,6-7,9-10H2,1H3,(H,22,24). The summed E-state index contributed by atoms with van der Waals surface area (Å²) in [6, 6.07) is 1.83. The molecule has 1 N–H and O–H groups in total. The molecule has 24 heavy (non-hydrogen) atoms. The summed E-state index contributed by atoms with van der Waals surface area (Å²) in [7, 11) is 1.84. The molecule has 1 amide bonds. The van der Waals surface area contributed by atoms with E-state index in [-0.39, 0.29) is 5.91 Å². The fourth-order valence-corrected chi connectivity index (χ4v) is 4.67. The zero-order valence-corrected chi connectivity index (χ0v) is 14.2. The van der Waals surface area contributed by atoms with Crippen molar-refractivity contribution in [3.05, 3.63) is 48.2 Å². The molecular weight excluding hydrogens is 298 g/mol. The summed E-state index contributed by atoms with van der Waals surface area (Å²) in [5.41, 5.74) is 0.950. The molecule has 0 radical (unpaired) electrons. The van der Waals surface area contributed by atoms with Gasteiger partial charge in [-0.2, -0.15) is 5.10 Å². The lowest BCUT2D eigenvalue weighted by Gasteiger charge is -2.36. The lowest BCUT2D eigenvalue weighted by Crippen LogP contribution is -2.30. The molecule has 1 fully saturated rings. The van der Waals surface area contributed by atoms with Gasteiger partial charge in [-0.05, 0) is 49.4 Å². The highest BCUT2D eigenvalue weighted by molar-refractivity contribution is 6.03. The van der Waals surface area contributed by atoms with Crippen molar-refractivity contribution in [1.82, 2.24) is 9.78 Å². The maximum atomic E-state index is 12.6. The normalized spacial score (nSPS) is 31.6. The fraction of sp³-hybridized carbons (Fsp3) is 0.500. The molecule has 4 nitrogen and oxygen atoms in total. The van der Waals surface area contributed by atoms with E-state index in [0.29, 0.717) is 23.7 Å². The number of aryl methyl sites for hydroxylation is 1. The first-order valence-electron chi connectivity index (χ1n) is 9.07. The van der Waals surface area contributed by atoms with Crippen molar-refractivity contribution in [1.29, 1.82) is 0 Å². The minimum Gasteiger partial charge on any atom is -0.307 e. The van der Waals surface area contributed by atoms with Crippen LogP contribution in [-0.2, 0) is 11.8 Å². The lowest BCUT2D eigenvalue weighted by atomic mass is 9.69. The molecule has 4 unspecified atom stereocenters. The van der Waals surface area contributed by atoms with Gasteiger partial charge in [-0.3, -0.25) is 9.48 Å². The summed E-state index contributed by atoms with van der Waals surface area (Å²) >= 11 is 0. The third-order valence-corrected chi connectivity index (χ3v) is 5.93. The Hall–Kier alpha value is -2.10. The summed E-state index contributed by atoms with van der Waals surface area (Å²) < 4.78 is 1.69. The van der Waals surface area contributed by atoms with Gasteiger partial charge in [0.2, 0.25) is 0 Å². The van der Waals surface area contributed by atoms with Crippen LogP contribution >= 0.6 is 0 Å². The Kier molecular flexibility index (Phi) is 4.13. The smallest absolute Gasteiger partial charge is 0.252 e. The average Bonchev–Trinajstić information content (AvgIpc) is 2.91. The fourth-order valence-electron chi connectivity index (χ4n) is 4.67. The SMILES string of the molecule is Cn1nccc1NC(=O)C1=CC2CCCC3C=CC=CC3C2CC1. The molecule has 1 saturated carbocycles. The number of amides is 1. The maximum absolute atomic E-state index is 12.6. The molecule has 3 aliphatic rings. The third-order valence-electron chi connectivity index (χ3n) is 5.93. The topological polar surface area (TPSA) is 46.9 Å². The van der Waals surface area contributed by atoms with Gasteiger partial charge < -0.3 is 5.32 Å². The van der Waals surface area contributed by atoms with Crippen LogP contribution in [-0.4, -0.2) is 15.7 Å². The van der Waals surface area contributed by atoms with E-state index in [4.69, 9.17) is 0 Å². The highest BCUT2D eigenvalue weighted by atomic mass is 16.1. The molecule has 0 spiro atoms. The second-order valence-corrected chi connectivity index (χ2v) is 7.29. The number of aromatic nitrogens is 2. The first-order valence-corrected chi connectivity index (χ1v) is 9.07. The second kappa shape index (κ2) is 6.42. The molecule has 3 aliphatic carbocycles. The Morgan fingerprint density at radius 1 is 1.21 bits per heavy atom. The van der Waals surface area contributed by atoms with Crippen LogP contribution in [0.4, 0.5) is 5.82 Å². The van der Waals surface area contributed by atoms with E-state index in [0.717, 1.165) is 24.2 Å². The number of anilines is 1. The van der Waals surface area contributed by atoms with E-state index >= 15 is 0 Å². The van der Waals surface area contributed by atoms with Crippen LogP contribution in [0.1, 0.15) is 32.1 Å². The number of allylic oxidation sites excluding steroid dienone is 5. The maximum Gasteiger partial charge on any atom is 0.252 e. The molecule has 0 aliphatic heterocycles. The first-order chi connectivity index (χ1) is 11.7. The minimum absolute atomic E-state index is 0.0388. The number of hydrogen-bond acceptors (Lipinski definition) is 2. The van der Waals surface area contributed by atoms with Gasteiger partial charge in [0.15, 0.2) is 0 Å².